The molecule has 64 heavy (non-hydrogen) atoms. The molecule has 0 unspecified atom stereocenters. The second-order valence-corrected chi connectivity index (χ2v) is 27.5. The molecule has 388 valence electrons. The van der Waals surface area contributed by atoms with Crippen LogP contribution in [0.4, 0.5) is 0 Å². The minimum absolute atomic E-state index is 1.19. The summed E-state index contributed by atoms with van der Waals surface area (Å²) < 4.78 is 0. The van der Waals surface area contributed by atoms with Crippen molar-refractivity contribution in [1.29, 1.82) is 0 Å². The Balaban J connectivity index is 4.75. The Morgan fingerprint density at radius 2 is 0.219 bits per heavy atom. The second kappa shape index (κ2) is 57.7. The normalized spacial score (nSPS) is 12.2. The Morgan fingerprint density at radius 3 is 0.328 bits per heavy atom. The summed E-state index contributed by atoms with van der Waals surface area (Å²) in [5.74, 6) is 0. The fraction of sp³-hybridized carbons (Fsp3) is 1.00. The van der Waals surface area contributed by atoms with Crippen LogP contribution in [0, 0.1) is 0 Å². The first-order chi connectivity index (χ1) is 31.7. The predicted molar refractivity (Wildman–Crippen MR) is 304 cm³/mol. The zero-order valence-electron chi connectivity index (χ0n) is 46.2. The van der Waals surface area contributed by atoms with Crippen molar-refractivity contribution in [3.8, 4) is 0 Å². The van der Waals surface area contributed by atoms with E-state index in [1.807, 2.05) is 0 Å². The van der Waals surface area contributed by atoms with Gasteiger partial charge in [-0.1, -0.05) is 117 Å². The summed E-state index contributed by atoms with van der Waals surface area (Å²) in [5.41, 5.74) is 0. The molecule has 0 aromatic heterocycles. The molecule has 0 N–H and O–H groups in total. The van der Waals surface area contributed by atoms with E-state index in [2.05, 4.69) is 27.7 Å². The van der Waals surface area contributed by atoms with E-state index in [4.69, 9.17) is 0 Å². The second-order valence-electron chi connectivity index (χ2n) is 22.5. The van der Waals surface area contributed by atoms with E-state index in [-0.39, 0.29) is 0 Å². The van der Waals surface area contributed by atoms with E-state index in [9.17, 15) is 0 Å². The van der Waals surface area contributed by atoms with Crippen LogP contribution in [0.1, 0.15) is 381 Å². The van der Waals surface area contributed by atoms with Gasteiger partial charge in [0.2, 0.25) is 0 Å². The van der Waals surface area contributed by atoms with Crippen LogP contribution in [0.5, 0.6) is 0 Å². The molecule has 0 amide bonds. The van der Waals surface area contributed by atoms with Gasteiger partial charge >= 0.3 is 296 Å². The molecule has 0 aliphatic carbocycles. The average Bonchev–Trinajstić information content (AvgIpc) is 3.30. The van der Waals surface area contributed by atoms with E-state index in [1.165, 1.54) is 308 Å². The maximum absolute atomic E-state index is 2.37. The third-order valence-corrected chi connectivity index (χ3v) is 21.6. The van der Waals surface area contributed by atoms with Crippen molar-refractivity contribution in [2.45, 2.75) is 381 Å². The van der Waals surface area contributed by atoms with Crippen LogP contribution in [-0.2, 0) is 0 Å². The van der Waals surface area contributed by atoms with Crippen LogP contribution >= 0.6 is 7.26 Å². The Bertz CT molecular complexity index is 700. The van der Waals surface area contributed by atoms with Gasteiger partial charge in [0.1, 0.15) is 0 Å². The molecular weight excluding hydrogens is 788 g/mol. The number of rotatable bonds is 59. The zero-order valence-corrected chi connectivity index (χ0v) is 47.2. The molecule has 0 saturated carbocycles. The quantitative estimate of drug-likeness (QED) is 0.0421. The third-order valence-electron chi connectivity index (χ3n) is 16.0. The van der Waals surface area contributed by atoms with Crippen LogP contribution in [0.3, 0.4) is 0 Å². The molecule has 0 aromatic rings. The Kier molecular flexibility index (Phi) is 58.1. The van der Waals surface area contributed by atoms with Gasteiger partial charge in [-0.3, -0.25) is 0 Å². The fourth-order valence-electron chi connectivity index (χ4n) is 11.4. The minimum Gasteiger partial charge on any atom is -0.0654 e. The molecule has 0 aromatic carbocycles. The van der Waals surface area contributed by atoms with Gasteiger partial charge < -0.3 is 0 Å². The van der Waals surface area contributed by atoms with Crippen molar-refractivity contribution in [1.82, 2.24) is 0 Å². The molecule has 0 fully saturated rings. The van der Waals surface area contributed by atoms with Gasteiger partial charge in [0.15, 0.2) is 0 Å². The van der Waals surface area contributed by atoms with Crippen molar-refractivity contribution in [3.63, 3.8) is 0 Å². The summed E-state index contributed by atoms with van der Waals surface area (Å²) in [6.07, 6.45) is 89.0. The van der Waals surface area contributed by atoms with Gasteiger partial charge in [-0.05, 0) is 0 Å². The number of hydrogen-bond donors (Lipinski definition) is 0. The molecule has 0 saturated heterocycles. The standard InChI is InChI=1S/C63H131P/c1-5-9-13-17-21-24-27-30-33-36-39-42-45-49-53-57-61-64(60-56-52-48-20-16-12-8-4,62-58-54-50-46-43-40-37-34-31-28-25-22-18-14-10-6-2)63-59-55-51-47-44-41-38-35-32-29-26-23-19-15-11-7-3/h64H,5-63H2,1-4H3. The smallest absolute Gasteiger partial charge is 0.0654 e. The SMILES string of the molecule is CCCCCCCCCCCCCCCCCC[PH](CCCCCCCCC)(CCCCCCCCCCCCCCCCCC)CCCCCCCCCCCCCCCCCC. The minimum atomic E-state index is -1.19. The monoisotopic (exact) mass is 919 g/mol. The van der Waals surface area contributed by atoms with E-state index < -0.39 is 7.26 Å². The summed E-state index contributed by atoms with van der Waals surface area (Å²) in [4.78, 5) is 0. The Labute approximate surface area is 410 Å². The average molecular weight is 920 g/mol. The number of hydrogen-bond acceptors (Lipinski definition) is 0. The topological polar surface area (TPSA) is 0 Å². The molecule has 0 radical (unpaired) electrons. The Morgan fingerprint density at radius 1 is 0.125 bits per heavy atom. The molecule has 0 aliphatic heterocycles. The van der Waals surface area contributed by atoms with Gasteiger partial charge in [-0.2, -0.15) is 0 Å². The van der Waals surface area contributed by atoms with Crippen LogP contribution in [0.25, 0.3) is 0 Å². The van der Waals surface area contributed by atoms with Crippen LogP contribution < -0.4 is 0 Å². The summed E-state index contributed by atoms with van der Waals surface area (Å²) in [7, 11) is -1.19. The summed E-state index contributed by atoms with van der Waals surface area (Å²) >= 11 is 0. The van der Waals surface area contributed by atoms with Crippen molar-refractivity contribution in [2.24, 2.45) is 0 Å². The maximum atomic E-state index is 2.37. The van der Waals surface area contributed by atoms with E-state index in [0.717, 1.165) is 0 Å². The van der Waals surface area contributed by atoms with Crippen LogP contribution in [0.15, 0.2) is 0 Å². The Hall–Kier alpha value is 0.430. The van der Waals surface area contributed by atoms with Gasteiger partial charge in [-0.15, -0.1) is 0 Å². The van der Waals surface area contributed by atoms with Gasteiger partial charge in [0, 0.05) is 0 Å². The molecule has 0 rings (SSSR count). The molecule has 0 heterocycles. The summed E-state index contributed by atoms with van der Waals surface area (Å²) in [6.45, 7) is 9.36. The molecule has 1 heteroatoms. The first-order valence-electron chi connectivity index (χ1n) is 31.7. The third kappa shape index (κ3) is 51.8. The van der Waals surface area contributed by atoms with E-state index >= 15 is 0 Å². The number of unbranched alkanes of at least 4 members (excludes halogenated alkanes) is 51. The van der Waals surface area contributed by atoms with E-state index in [0.29, 0.717) is 0 Å². The zero-order chi connectivity index (χ0) is 46.2. The molecule has 0 atom stereocenters. The van der Waals surface area contributed by atoms with Crippen LogP contribution in [0.2, 0.25) is 0 Å². The first-order valence-corrected chi connectivity index (χ1v) is 34.6. The van der Waals surface area contributed by atoms with Crippen molar-refractivity contribution in [2.75, 3.05) is 24.6 Å². The molecule has 0 spiro atoms. The molecule has 0 aliphatic rings. The van der Waals surface area contributed by atoms with E-state index in [1.54, 1.807) is 69.6 Å². The summed E-state index contributed by atoms with van der Waals surface area (Å²) in [5, 5.41) is 0. The molecular formula is C63H131P. The fourth-order valence-corrected chi connectivity index (χ4v) is 16.9. The first kappa shape index (κ1) is 64.4. The van der Waals surface area contributed by atoms with Crippen molar-refractivity contribution >= 4 is 7.26 Å². The summed E-state index contributed by atoms with van der Waals surface area (Å²) in [6, 6.07) is 0. The van der Waals surface area contributed by atoms with Gasteiger partial charge in [0.25, 0.3) is 0 Å². The van der Waals surface area contributed by atoms with Crippen LogP contribution in [-0.4, -0.2) is 24.6 Å². The molecule has 0 nitrogen and oxygen atoms in total. The predicted octanol–water partition coefficient (Wildman–Crippen LogP) is 24.3. The molecule has 0 bridgehead atoms. The van der Waals surface area contributed by atoms with Crippen molar-refractivity contribution in [3.05, 3.63) is 0 Å². The van der Waals surface area contributed by atoms with Crippen molar-refractivity contribution < 1.29 is 0 Å². The van der Waals surface area contributed by atoms with Gasteiger partial charge in [0.05, 0.1) is 0 Å². The van der Waals surface area contributed by atoms with Gasteiger partial charge in [-0.25, -0.2) is 0 Å².